The van der Waals surface area contributed by atoms with Crippen molar-refractivity contribution in [2.75, 3.05) is 12.9 Å². The molecule has 0 amide bonds. The predicted octanol–water partition coefficient (Wildman–Crippen LogP) is 2.37. The zero-order chi connectivity index (χ0) is 14.1. The van der Waals surface area contributed by atoms with E-state index in [4.69, 9.17) is 4.74 Å². The molecule has 0 saturated heterocycles. The van der Waals surface area contributed by atoms with Crippen LogP contribution >= 0.6 is 11.8 Å². The number of ether oxygens (including phenoxy) is 1. The quantitative estimate of drug-likeness (QED) is 0.879. The first kappa shape index (κ1) is 13.2. The van der Waals surface area contributed by atoms with Gasteiger partial charge < -0.3 is 9.84 Å². The average molecular weight is 290 g/mol. The summed E-state index contributed by atoms with van der Waals surface area (Å²) >= 11 is 1.65. The number of hydrogen-bond donors (Lipinski definition) is 1. The van der Waals surface area contributed by atoms with E-state index in [0.717, 1.165) is 16.3 Å². The number of rotatable bonds is 3. The van der Waals surface area contributed by atoms with Crippen molar-refractivity contribution in [3.8, 4) is 5.69 Å². The van der Waals surface area contributed by atoms with Gasteiger partial charge in [-0.2, -0.15) is 5.10 Å². The maximum Gasteiger partial charge on any atom is 0.356 e. The molecule has 1 aromatic heterocycles. The van der Waals surface area contributed by atoms with Gasteiger partial charge in [0.1, 0.15) is 0 Å². The van der Waals surface area contributed by atoms with Crippen molar-refractivity contribution in [1.29, 1.82) is 0 Å². The van der Waals surface area contributed by atoms with E-state index in [1.165, 1.54) is 0 Å². The van der Waals surface area contributed by atoms with E-state index in [9.17, 15) is 9.90 Å². The molecule has 1 N–H and O–H groups in total. The number of carboxylic acids is 1. The van der Waals surface area contributed by atoms with Crippen LogP contribution in [0.2, 0.25) is 0 Å². The Bertz CT molecular complexity index is 666. The molecular weight excluding hydrogens is 276 g/mol. The maximum absolute atomic E-state index is 11.3. The zero-order valence-electron chi connectivity index (χ0n) is 11.0. The topological polar surface area (TPSA) is 64.4 Å². The normalized spacial score (nSPS) is 14.1. The molecule has 5 nitrogen and oxygen atoms in total. The summed E-state index contributed by atoms with van der Waals surface area (Å²) in [5.74, 6) is -1.01. The molecule has 0 radical (unpaired) electrons. The lowest BCUT2D eigenvalue weighted by Crippen LogP contribution is -2.13. The molecule has 1 aromatic carbocycles. The number of benzene rings is 1. The maximum atomic E-state index is 11.3. The van der Waals surface area contributed by atoms with Crippen LogP contribution in [0.3, 0.4) is 0 Å². The SMILES string of the molecule is CSc1cccc(-n2nc(C(=O)O)c3c2CCOC3)c1. The molecule has 1 aliphatic rings. The van der Waals surface area contributed by atoms with Crippen molar-refractivity contribution in [3.05, 3.63) is 41.2 Å². The minimum Gasteiger partial charge on any atom is -0.476 e. The highest BCUT2D eigenvalue weighted by molar-refractivity contribution is 7.98. The third kappa shape index (κ3) is 2.21. The highest BCUT2D eigenvalue weighted by Gasteiger charge is 2.25. The number of fused-ring (bicyclic) bond motifs is 1. The Morgan fingerprint density at radius 2 is 2.35 bits per heavy atom. The Labute approximate surface area is 120 Å². The van der Waals surface area contributed by atoms with Gasteiger partial charge in [-0.05, 0) is 24.5 Å². The fraction of sp³-hybridized carbons (Fsp3) is 0.286. The summed E-state index contributed by atoms with van der Waals surface area (Å²) < 4.78 is 7.10. The number of aromatic carboxylic acids is 1. The van der Waals surface area contributed by atoms with Gasteiger partial charge in [-0.1, -0.05) is 6.07 Å². The van der Waals surface area contributed by atoms with E-state index in [1.54, 1.807) is 16.4 Å². The van der Waals surface area contributed by atoms with Gasteiger partial charge in [-0.15, -0.1) is 11.8 Å². The summed E-state index contributed by atoms with van der Waals surface area (Å²) in [5.41, 5.74) is 2.61. The van der Waals surface area contributed by atoms with E-state index >= 15 is 0 Å². The largest absolute Gasteiger partial charge is 0.476 e. The van der Waals surface area contributed by atoms with E-state index in [2.05, 4.69) is 5.10 Å². The highest BCUT2D eigenvalue weighted by Crippen LogP contribution is 2.25. The third-order valence-electron chi connectivity index (χ3n) is 3.32. The van der Waals surface area contributed by atoms with Crippen LogP contribution in [0, 0.1) is 0 Å². The molecule has 2 aromatic rings. The molecule has 1 aliphatic heterocycles. The van der Waals surface area contributed by atoms with Gasteiger partial charge in [0.15, 0.2) is 5.69 Å². The summed E-state index contributed by atoms with van der Waals surface area (Å²) in [7, 11) is 0. The lowest BCUT2D eigenvalue weighted by Gasteiger charge is -2.15. The van der Waals surface area contributed by atoms with Crippen LogP contribution in [0.1, 0.15) is 21.7 Å². The number of carbonyl (C=O) groups is 1. The van der Waals surface area contributed by atoms with Crippen molar-refractivity contribution in [1.82, 2.24) is 9.78 Å². The van der Waals surface area contributed by atoms with Crippen LogP contribution in [0.4, 0.5) is 0 Å². The second-order valence-corrected chi connectivity index (χ2v) is 5.37. The van der Waals surface area contributed by atoms with Gasteiger partial charge in [0.2, 0.25) is 0 Å². The molecule has 2 heterocycles. The minimum absolute atomic E-state index is 0.0919. The number of hydrogen-bond acceptors (Lipinski definition) is 4. The molecule has 0 spiro atoms. The van der Waals surface area contributed by atoms with E-state index in [-0.39, 0.29) is 5.69 Å². The molecule has 0 atom stereocenters. The van der Waals surface area contributed by atoms with Crippen LogP contribution in [0.15, 0.2) is 29.2 Å². The van der Waals surface area contributed by atoms with Gasteiger partial charge in [0.25, 0.3) is 0 Å². The fourth-order valence-electron chi connectivity index (χ4n) is 2.36. The molecule has 0 bridgehead atoms. The van der Waals surface area contributed by atoms with Gasteiger partial charge in [-0.25, -0.2) is 9.48 Å². The molecule has 0 saturated carbocycles. The number of aromatic nitrogens is 2. The van der Waals surface area contributed by atoms with E-state index < -0.39 is 5.97 Å². The predicted molar refractivity (Wildman–Crippen MR) is 75.7 cm³/mol. The third-order valence-corrected chi connectivity index (χ3v) is 4.05. The van der Waals surface area contributed by atoms with E-state index in [1.807, 2.05) is 30.5 Å². The summed E-state index contributed by atoms with van der Waals surface area (Å²) in [6.07, 6.45) is 2.69. The molecule has 104 valence electrons. The van der Waals surface area contributed by atoms with Crippen LogP contribution in [0.5, 0.6) is 0 Å². The van der Waals surface area contributed by atoms with Crippen LogP contribution in [0.25, 0.3) is 5.69 Å². The molecule has 6 heteroatoms. The van der Waals surface area contributed by atoms with Crippen LogP contribution in [-0.2, 0) is 17.8 Å². The number of carboxylic acid groups (broad SMARTS) is 1. The van der Waals surface area contributed by atoms with Crippen LogP contribution in [-0.4, -0.2) is 33.7 Å². The molecule has 0 unspecified atom stereocenters. The van der Waals surface area contributed by atoms with Crippen molar-refractivity contribution < 1.29 is 14.6 Å². The Morgan fingerprint density at radius 1 is 1.50 bits per heavy atom. The lowest BCUT2D eigenvalue weighted by molar-refractivity contribution is 0.0677. The fourth-order valence-corrected chi connectivity index (χ4v) is 2.82. The highest BCUT2D eigenvalue weighted by atomic mass is 32.2. The second kappa shape index (κ2) is 5.30. The Balaban J connectivity index is 2.15. The zero-order valence-corrected chi connectivity index (χ0v) is 11.8. The molecule has 3 rings (SSSR count). The average Bonchev–Trinajstić information content (AvgIpc) is 2.87. The molecule has 0 fully saturated rings. The monoisotopic (exact) mass is 290 g/mol. The second-order valence-electron chi connectivity index (χ2n) is 4.49. The first-order chi connectivity index (χ1) is 9.70. The number of thioether (sulfide) groups is 1. The van der Waals surface area contributed by atoms with Crippen molar-refractivity contribution in [3.63, 3.8) is 0 Å². The Hall–Kier alpha value is -1.79. The molecular formula is C14H14N2O3S. The van der Waals surface area contributed by atoms with Crippen molar-refractivity contribution in [2.45, 2.75) is 17.9 Å². The van der Waals surface area contributed by atoms with E-state index in [0.29, 0.717) is 25.2 Å². The van der Waals surface area contributed by atoms with Gasteiger partial charge in [-0.3, -0.25) is 0 Å². The molecule has 20 heavy (non-hydrogen) atoms. The van der Waals surface area contributed by atoms with Gasteiger partial charge in [0, 0.05) is 16.9 Å². The summed E-state index contributed by atoms with van der Waals surface area (Å²) in [4.78, 5) is 12.4. The summed E-state index contributed by atoms with van der Waals surface area (Å²) in [6.45, 7) is 0.916. The van der Waals surface area contributed by atoms with Crippen molar-refractivity contribution in [2.24, 2.45) is 0 Å². The Morgan fingerprint density at radius 3 is 3.10 bits per heavy atom. The van der Waals surface area contributed by atoms with Gasteiger partial charge in [0.05, 0.1) is 24.6 Å². The smallest absolute Gasteiger partial charge is 0.356 e. The first-order valence-electron chi connectivity index (χ1n) is 6.27. The summed E-state index contributed by atoms with van der Waals surface area (Å²) in [5, 5.41) is 13.5. The molecule has 0 aliphatic carbocycles. The minimum atomic E-state index is -1.01. The Kier molecular flexibility index (Phi) is 3.50. The first-order valence-corrected chi connectivity index (χ1v) is 7.49. The van der Waals surface area contributed by atoms with Crippen molar-refractivity contribution >= 4 is 17.7 Å². The number of nitrogens with zero attached hydrogens (tertiary/aromatic N) is 2. The van der Waals surface area contributed by atoms with Gasteiger partial charge >= 0.3 is 5.97 Å². The van der Waals surface area contributed by atoms with Crippen LogP contribution < -0.4 is 0 Å². The lowest BCUT2D eigenvalue weighted by atomic mass is 10.1. The summed E-state index contributed by atoms with van der Waals surface area (Å²) in [6, 6.07) is 7.92. The standard InChI is InChI=1S/C14H14N2O3S/c1-20-10-4-2-3-9(7-10)16-12-5-6-19-8-11(12)13(15-16)14(17)18/h2-4,7H,5-6,8H2,1H3,(H,17,18).